The Balaban J connectivity index is 1.30. The average molecular weight is 429 g/mol. The van der Waals surface area contributed by atoms with Gasteiger partial charge >= 0.3 is 0 Å². The molecule has 4 heterocycles. The van der Waals surface area contributed by atoms with Crippen LogP contribution in [0.25, 0.3) is 17.0 Å². The van der Waals surface area contributed by atoms with E-state index < -0.39 is 0 Å². The Morgan fingerprint density at radius 2 is 1.75 bits per heavy atom. The van der Waals surface area contributed by atoms with Gasteiger partial charge in [-0.2, -0.15) is 0 Å². The maximum absolute atomic E-state index is 5.44. The summed E-state index contributed by atoms with van der Waals surface area (Å²) < 4.78 is 7.53. The first-order valence-electron chi connectivity index (χ1n) is 11.3. The Bertz CT molecular complexity index is 1150. The molecule has 0 N–H and O–H groups in total. The third-order valence-corrected chi connectivity index (χ3v) is 5.94. The Hall–Kier alpha value is -3.16. The highest BCUT2D eigenvalue weighted by Gasteiger charge is 2.14. The van der Waals surface area contributed by atoms with Crippen LogP contribution in [0.5, 0.6) is 0 Å². The van der Waals surface area contributed by atoms with E-state index in [1.165, 1.54) is 5.56 Å². The van der Waals surface area contributed by atoms with Crippen LogP contribution >= 0.6 is 0 Å². The Kier molecular flexibility index (Phi) is 6.46. The predicted molar refractivity (Wildman–Crippen MR) is 123 cm³/mol. The van der Waals surface area contributed by atoms with Gasteiger partial charge in [0.25, 0.3) is 0 Å². The molecule has 0 amide bonds. The van der Waals surface area contributed by atoms with Crippen LogP contribution < -0.4 is 0 Å². The van der Waals surface area contributed by atoms with Gasteiger partial charge in [-0.1, -0.05) is 30.3 Å². The lowest BCUT2D eigenvalue weighted by atomic mass is 10.1. The molecule has 0 aliphatic carbocycles. The average Bonchev–Trinajstić information content (AvgIpc) is 3.29. The number of aryl methyl sites for hydroxylation is 3. The molecule has 0 spiro atoms. The number of hydrogen-bond acceptors (Lipinski definition) is 6. The summed E-state index contributed by atoms with van der Waals surface area (Å²) in [6.07, 6.45) is 11.3. The summed E-state index contributed by atoms with van der Waals surface area (Å²) in [4.78, 5) is 21.1. The monoisotopic (exact) mass is 428 g/mol. The summed E-state index contributed by atoms with van der Waals surface area (Å²) in [5, 5.41) is 0. The quantitative estimate of drug-likeness (QED) is 0.429. The van der Waals surface area contributed by atoms with Crippen LogP contribution in [-0.2, 0) is 24.0 Å². The van der Waals surface area contributed by atoms with Crippen LogP contribution in [0.2, 0.25) is 0 Å². The lowest BCUT2D eigenvalue weighted by Crippen LogP contribution is -2.37. The number of imidazole rings is 1. The van der Waals surface area contributed by atoms with Crippen LogP contribution in [0, 0.1) is 0 Å². The summed E-state index contributed by atoms with van der Waals surface area (Å²) in [5.41, 5.74) is 5.10. The second-order valence-corrected chi connectivity index (χ2v) is 8.11. The fourth-order valence-electron chi connectivity index (χ4n) is 4.20. The number of nitrogens with zero attached hydrogens (tertiary/aromatic N) is 6. The van der Waals surface area contributed by atoms with Crippen molar-refractivity contribution in [2.45, 2.75) is 25.7 Å². The van der Waals surface area contributed by atoms with E-state index in [0.29, 0.717) is 0 Å². The fourth-order valence-corrected chi connectivity index (χ4v) is 4.20. The predicted octanol–water partition coefficient (Wildman–Crippen LogP) is 3.24. The molecule has 0 radical (unpaired) electrons. The van der Waals surface area contributed by atoms with Crippen molar-refractivity contribution in [1.82, 2.24) is 29.2 Å². The van der Waals surface area contributed by atoms with Gasteiger partial charge in [-0.15, -0.1) is 0 Å². The summed E-state index contributed by atoms with van der Waals surface area (Å²) >= 11 is 0. The lowest BCUT2D eigenvalue weighted by Gasteiger charge is -2.26. The topological polar surface area (TPSA) is 68.4 Å². The largest absolute Gasteiger partial charge is 0.379 e. The van der Waals surface area contributed by atoms with Gasteiger partial charge in [0.15, 0.2) is 5.65 Å². The number of fused-ring (bicyclic) bond motifs is 1. The molecular weight excluding hydrogens is 400 g/mol. The van der Waals surface area contributed by atoms with Gasteiger partial charge in [0.2, 0.25) is 0 Å². The van der Waals surface area contributed by atoms with Gasteiger partial charge in [-0.05, 0) is 37.4 Å². The Morgan fingerprint density at radius 1 is 0.875 bits per heavy atom. The van der Waals surface area contributed by atoms with Gasteiger partial charge in [-0.3, -0.25) is 14.3 Å². The normalized spacial score (nSPS) is 14.8. The number of ether oxygens (including phenoxy) is 1. The van der Waals surface area contributed by atoms with Gasteiger partial charge in [-0.25, -0.2) is 15.0 Å². The van der Waals surface area contributed by atoms with Crippen molar-refractivity contribution in [1.29, 1.82) is 0 Å². The molecule has 0 saturated carbocycles. The molecule has 0 atom stereocenters. The van der Waals surface area contributed by atoms with E-state index in [2.05, 4.69) is 43.5 Å². The molecule has 1 aliphatic rings. The maximum Gasteiger partial charge on any atom is 0.159 e. The van der Waals surface area contributed by atoms with Gasteiger partial charge in [0, 0.05) is 38.1 Å². The lowest BCUT2D eigenvalue weighted by molar-refractivity contribution is 0.0374. The first-order chi connectivity index (χ1) is 15.9. The van der Waals surface area contributed by atoms with Crippen LogP contribution in [0.1, 0.15) is 23.5 Å². The van der Waals surface area contributed by atoms with E-state index in [1.54, 1.807) is 0 Å². The third kappa shape index (κ3) is 4.84. The summed E-state index contributed by atoms with van der Waals surface area (Å²) in [5.74, 6) is 0.848. The summed E-state index contributed by atoms with van der Waals surface area (Å²) in [7, 11) is 0. The molecule has 3 aromatic heterocycles. The molecule has 32 heavy (non-hydrogen) atoms. The van der Waals surface area contributed by atoms with Gasteiger partial charge in [0.1, 0.15) is 5.82 Å². The number of benzene rings is 1. The van der Waals surface area contributed by atoms with Crippen LogP contribution in [0.15, 0.2) is 61.2 Å². The molecule has 5 rings (SSSR count). The number of rotatable bonds is 8. The number of hydrogen-bond donors (Lipinski definition) is 0. The zero-order valence-corrected chi connectivity index (χ0v) is 18.2. The van der Waals surface area contributed by atoms with Crippen LogP contribution in [-0.4, -0.2) is 62.1 Å². The molecule has 1 aromatic carbocycles. The summed E-state index contributed by atoms with van der Waals surface area (Å²) in [6.45, 7) is 4.78. The van der Waals surface area contributed by atoms with Gasteiger partial charge in [0.05, 0.1) is 36.5 Å². The Morgan fingerprint density at radius 3 is 2.62 bits per heavy atom. The minimum absolute atomic E-state index is 0.808. The molecule has 0 bridgehead atoms. The number of morpholine rings is 1. The molecule has 1 fully saturated rings. The van der Waals surface area contributed by atoms with Crippen molar-refractivity contribution in [2.75, 3.05) is 32.8 Å². The van der Waals surface area contributed by atoms with Crippen LogP contribution in [0.4, 0.5) is 0 Å². The minimum atomic E-state index is 0.808. The molecule has 164 valence electrons. The van der Waals surface area contributed by atoms with E-state index in [9.17, 15) is 0 Å². The van der Waals surface area contributed by atoms with Crippen molar-refractivity contribution in [3.8, 4) is 11.4 Å². The highest BCUT2D eigenvalue weighted by Crippen LogP contribution is 2.21. The SMILES string of the molecule is c1ccc(CCc2nccc(-c3cnc4c(CCCN5CCOCC5)nccn34)n2)cc1. The highest BCUT2D eigenvalue weighted by molar-refractivity contribution is 5.61. The first-order valence-corrected chi connectivity index (χ1v) is 11.3. The highest BCUT2D eigenvalue weighted by atomic mass is 16.5. The Labute approximate surface area is 188 Å². The molecule has 0 unspecified atom stereocenters. The molecular formula is C25H28N6O. The molecule has 1 saturated heterocycles. The van der Waals surface area contributed by atoms with E-state index in [1.807, 2.05) is 36.9 Å². The van der Waals surface area contributed by atoms with Crippen molar-refractivity contribution >= 4 is 5.65 Å². The van der Waals surface area contributed by atoms with Gasteiger partial charge < -0.3 is 4.74 Å². The van der Waals surface area contributed by atoms with E-state index in [0.717, 1.165) is 87.1 Å². The van der Waals surface area contributed by atoms with Crippen molar-refractivity contribution < 1.29 is 4.74 Å². The number of aromatic nitrogens is 5. The van der Waals surface area contributed by atoms with E-state index >= 15 is 0 Å². The third-order valence-electron chi connectivity index (χ3n) is 5.94. The first kappa shape index (κ1) is 20.7. The smallest absolute Gasteiger partial charge is 0.159 e. The maximum atomic E-state index is 5.44. The van der Waals surface area contributed by atoms with Crippen molar-refractivity contribution in [3.63, 3.8) is 0 Å². The molecule has 7 heteroatoms. The second kappa shape index (κ2) is 9.97. The minimum Gasteiger partial charge on any atom is -0.379 e. The van der Waals surface area contributed by atoms with E-state index in [-0.39, 0.29) is 0 Å². The van der Waals surface area contributed by atoms with Crippen molar-refractivity contribution in [3.05, 3.63) is 78.3 Å². The zero-order chi connectivity index (χ0) is 21.6. The molecule has 1 aliphatic heterocycles. The van der Waals surface area contributed by atoms with E-state index in [4.69, 9.17) is 14.7 Å². The fraction of sp³-hybridized carbons (Fsp3) is 0.360. The van der Waals surface area contributed by atoms with Crippen LogP contribution in [0.3, 0.4) is 0 Å². The molecule has 4 aromatic rings. The standard InChI is InChI=1S/C25H28N6O/c1-2-5-20(6-3-1)8-9-24-27-11-10-21(29-24)23-19-28-25-22(26-12-14-31(23)25)7-4-13-30-15-17-32-18-16-30/h1-3,5-6,10-12,14,19H,4,7-9,13,15-18H2. The summed E-state index contributed by atoms with van der Waals surface area (Å²) in [6, 6.07) is 12.4. The second-order valence-electron chi connectivity index (χ2n) is 8.11. The van der Waals surface area contributed by atoms with Crippen molar-refractivity contribution in [2.24, 2.45) is 0 Å². The molecule has 7 nitrogen and oxygen atoms in total. The zero-order valence-electron chi connectivity index (χ0n) is 18.2.